The highest BCUT2D eigenvalue weighted by Gasteiger charge is 2.15. The van der Waals surface area contributed by atoms with E-state index in [1.165, 1.54) is 5.56 Å². The Bertz CT molecular complexity index is 1490. The molecule has 0 spiro atoms. The summed E-state index contributed by atoms with van der Waals surface area (Å²) in [5, 5.41) is 4.51. The smallest absolute Gasteiger partial charge is 0.136 e. The topological polar surface area (TPSA) is 26.3 Å². The number of halogens is 1. The average molecular weight is 413 g/mol. The van der Waals surface area contributed by atoms with Gasteiger partial charge in [-0.3, -0.25) is 0 Å². The molecule has 2 heterocycles. The predicted molar refractivity (Wildman–Crippen MR) is 114 cm³/mol. The summed E-state index contributed by atoms with van der Waals surface area (Å²) in [6.45, 7) is 0. The van der Waals surface area contributed by atoms with Crippen molar-refractivity contribution in [2.45, 2.75) is 0 Å². The Morgan fingerprint density at radius 2 is 1.26 bits per heavy atom. The van der Waals surface area contributed by atoms with Crippen LogP contribution in [0.15, 0.2) is 92.2 Å². The molecule has 0 radical (unpaired) electrons. The second-order valence-corrected chi connectivity index (χ2v) is 7.56. The first-order valence-electron chi connectivity index (χ1n) is 8.81. The normalized spacial score (nSPS) is 11.9. The third-order valence-corrected chi connectivity index (χ3v) is 5.82. The second-order valence-electron chi connectivity index (χ2n) is 6.70. The van der Waals surface area contributed by atoms with Crippen LogP contribution in [-0.4, -0.2) is 0 Å². The molecule has 27 heavy (non-hydrogen) atoms. The van der Waals surface area contributed by atoms with Gasteiger partial charge in [0.2, 0.25) is 0 Å². The molecule has 0 aliphatic carbocycles. The zero-order chi connectivity index (χ0) is 18.0. The average Bonchev–Trinajstić information content (AvgIpc) is 3.26. The van der Waals surface area contributed by atoms with Gasteiger partial charge in [0.15, 0.2) is 0 Å². The molecule has 0 aliphatic rings. The Balaban J connectivity index is 1.72. The van der Waals surface area contributed by atoms with E-state index in [1.807, 2.05) is 42.5 Å². The number of rotatable bonds is 1. The van der Waals surface area contributed by atoms with Crippen LogP contribution in [0, 0.1) is 0 Å². The summed E-state index contributed by atoms with van der Waals surface area (Å²) in [5.74, 6) is 0. The van der Waals surface area contributed by atoms with Gasteiger partial charge in [0.25, 0.3) is 0 Å². The van der Waals surface area contributed by atoms with Crippen LogP contribution in [0.2, 0.25) is 0 Å². The van der Waals surface area contributed by atoms with Crippen LogP contribution >= 0.6 is 15.9 Å². The van der Waals surface area contributed by atoms with E-state index in [-0.39, 0.29) is 0 Å². The van der Waals surface area contributed by atoms with Gasteiger partial charge in [0.1, 0.15) is 22.3 Å². The molecule has 0 saturated carbocycles. The van der Waals surface area contributed by atoms with Crippen LogP contribution in [0.25, 0.3) is 55.0 Å². The van der Waals surface area contributed by atoms with Crippen LogP contribution in [0.5, 0.6) is 0 Å². The molecule has 6 aromatic rings. The fourth-order valence-electron chi connectivity index (χ4n) is 3.97. The van der Waals surface area contributed by atoms with E-state index in [4.69, 9.17) is 8.83 Å². The van der Waals surface area contributed by atoms with Gasteiger partial charge >= 0.3 is 0 Å². The monoisotopic (exact) mass is 412 g/mol. The van der Waals surface area contributed by atoms with Crippen molar-refractivity contribution in [3.63, 3.8) is 0 Å². The molecule has 2 nitrogen and oxygen atoms in total. The molecule has 0 bridgehead atoms. The molecule has 3 heteroatoms. The van der Waals surface area contributed by atoms with Gasteiger partial charge in [-0.25, -0.2) is 0 Å². The molecule has 0 amide bonds. The van der Waals surface area contributed by atoms with Gasteiger partial charge in [-0.1, -0.05) is 58.4 Å². The SMILES string of the molecule is Brc1cccc2oc3ccc(-c4cccc5oc6ccccc6c45)cc3c12. The van der Waals surface area contributed by atoms with Gasteiger partial charge in [0.05, 0.1) is 0 Å². The van der Waals surface area contributed by atoms with E-state index in [0.717, 1.165) is 53.9 Å². The largest absolute Gasteiger partial charge is 0.456 e. The maximum absolute atomic E-state index is 6.05. The van der Waals surface area contributed by atoms with Crippen LogP contribution in [0.3, 0.4) is 0 Å². The third-order valence-electron chi connectivity index (χ3n) is 5.16. The first-order valence-corrected chi connectivity index (χ1v) is 9.60. The summed E-state index contributed by atoms with van der Waals surface area (Å²) in [7, 11) is 0. The van der Waals surface area contributed by atoms with Crippen molar-refractivity contribution in [1.29, 1.82) is 0 Å². The van der Waals surface area contributed by atoms with Crippen molar-refractivity contribution in [3.05, 3.63) is 83.3 Å². The van der Waals surface area contributed by atoms with Crippen molar-refractivity contribution in [2.75, 3.05) is 0 Å². The minimum Gasteiger partial charge on any atom is -0.456 e. The third kappa shape index (κ3) is 2.12. The molecule has 0 atom stereocenters. The molecule has 0 saturated heterocycles. The van der Waals surface area contributed by atoms with Crippen molar-refractivity contribution in [2.24, 2.45) is 0 Å². The van der Waals surface area contributed by atoms with Crippen LogP contribution in [0.4, 0.5) is 0 Å². The summed E-state index contributed by atoms with van der Waals surface area (Å²) in [6.07, 6.45) is 0. The lowest BCUT2D eigenvalue weighted by atomic mass is 9.98. The van der Waals surface area contributed by atoms with Gasteiger partial charge in [-0.05, 0) is 47.5 Å². The highest BCUT2D eigenvalue weighted by atomic mass is 79.9. The van der Waals surface area contributed by atoms with E-state index in [1.54, 1.807) is 0 Å². The lowest BCUT2D eigenvalue weighted by Crippen LogP contribution is -1.80. The number of benzene rings is 4. The summed E-state index contributed by atoms with van der Waals surface area (Å²) < 4.78 is 13.1. The molecule has 0 N–H and O–H groups in total. The summed E-state index contributed by atoms with van der Waals surface area (Å²) >= 11 is 3.67. The Morgan fingerprint density at radius 1 is 0.556 bits per heavy atom. The van der Waals surface area contributed by atoms with E-state index in [2.05, 4.69) is 52.3 Å². The van der Waals surface area contributed by atoms with Crippen LogP contribution in [0.1, 0.15) is 0 Å². The molecule has 128 valence electrons. The molecule has 0 unspecified atom stereocenters. The van der Waals surface area contributed by atoms with Gasteiger partial charge in [-0.15, -0.1) is 0 Å². The molecule has 6 rings (SSSR count). The first kappa shape index (κ1) is 15.1. The maximum Gasteiger partial charge on any atom is 0.136 e. The highest BCUT2D eigenvalue weighted by molar-refractivity contribution is 9.10. The fourth-order valence-corrected chi connectivity index (χ4v) is 4.53. The number of para-hydroxylation sites is 1. The molecular weight excluding hydrogens is 400 g/mol. The quantitative estimate of drug-likeness (QED) is 0.274. The highest BCUT2D eigenvalue weighted by Crippen LogP contribution is 2.40. The Kier molecular flexibility index (Phi) is 3.06. The summed E-state index contributed by atoms with van der Waals surface area (Å²) in [5.41, 5.74) is 5.93. The molecular formula is C24H13BrO2. The number of fused-ring (bicyclic) bond motifs is 6. The molecule has 0 fully saturated rings. The first-order chi connectivity index (χ1) is 13.3. The standard InChI is InChI=1S/C24H13BrO2/c25-18-7-4-10-22-24(18)17-13-14(11-12-20(17)27-22)15-6-3-9-21-23(15)16-5-1-2-8-19(16)26-21/h1-13H. The van der Waals surface area contributed by atoms with Gasteiger partial charge in [0, 0.05) is 26.0 Å². The second kappa shape index (κ2) is 5.48. The van der Waals surface area contributed by atoms with Crippen LogP contribution < -0.4 is 0 Å². The molecule has 2 aromatic heterocycles. The number of hydrogen-bond acceptors (Lipinski definition) is 2. The predicted octanol–water partition coefficient (Wildman–Crippen LogP) is 7.91. The van der Waals surface area contributed by atoms with E-state index >= 15 is 0 Å². The summed E-state index contributed by atoms with van der Waals surface area (Å²) in [4.78, 5) is 0. The minimum atomic E-state index is 0.892. The number of hydrogen-bond donors (Lipinski definition) is 0. The Labute approximate surface area is 163 Å². The van der Waals surface area contributed by atoms with Crippen molar-refractivity contribution >= 4 is 59.8 Å². The van der Waals surface area contributed by atoms with E-state index in [9.17, 15) is 0 Å². The van der Waals surface area contributed by atoms with Crippen molar-refractivity contribution in [3.8, 4) is 11.1 Å². The number of furan rings is 2. The van der Waals surface area contributed by atoms with Crippen molar-refractivity contribution < 1.29 is 8.83 Å². The fraction of sp³-hybridized carbons (Fsp3) is 0. The lowest BCUT2D eigenvalue weighted by molar-refractivity contribution is 0.668. The Hall–Kier alpha value is -3.04. The molecule has 0 aliphatic heterocycles. The maximum atomic E-state index is 6.05. The van der Waals surface area contributed by atoms with E-state index in [0.29, 0.717) is 0 Å². The van der Waals surface area contributed by atoms with Crippen LogP contribution in [-0.2, 0) is 0 Å². The van der Waals surface area contributed by atoms with Gasteiger partial charge < -0.3 is 8.83 Å². The summed E-state index contributed by atoms with van der Waals surface area (Å²) in [6, 6.07) is 26.9. The minimum absolute atomic E-state index is 0.892. The van der Waals surface area contributed by atoms with Gasteiger partial charge in [-0.2, -0.15) is 0 Å². The zero-order valence-corrected chi connectivity index (χ0v) is 15.8. The molecule has 4 aromatic carbocycles. The van der Waals surface area contributed by atoms with Crippen molar-refractivity contribution in [1.82, 2.24) is 0 Å². The Morgan fingerprint density at radius 3 is 2.15 bits per heavy atom. The zero-order valence-electron chi connectivity index (χ0n) is 14.2. The van der Waals surface area contributed by atoms with E-state index < -0.39 is 0 Å². The lowest BCUT2D eigenvalue weighted by Gasteiger charge is -2.04.